The molecule has 2 aromatic carbocycles. The summed E-state index contributed by atoms with van der Waals surface area (Å²) in [7, 11) is 1.74. The second kappa shape index (κ2) is 13.0. The Morgan fingerprint density at radius 1 is 1.00 bits per heavy atom. The van der Waals surface area contributed by atoms with E-state index in [4.69, 9.17) is 9.47 Å². The molecule has 0 aromatic heterocycles. The van der Waals surface area contributed by atoms with Crippen LogP contribution in [0, 0.1) is 12.3 Å². The fourth-order valence-electron chi connectivity index (χ4n) is 6.05. The first-order valence-corrected chi connectivity index (χ1v) is 14.6. The number of carbonyl (C=O) groups excluding carboxylic acids is 2. The maximum absolute atomic E-state index is 13.5. The number of likely N-dealkylation sites (tertiary alicyclic amines) is 2. The molecule has 3 amide bonds. The van der Waals surface area contributed by atoms with Crippen LogP contribution in [0.15, 0.2) is 48.5 Å². The Hall–Kier alpha value is -2.90. The molecule has 2 saturated heterocycles. The van der Waals surface area contributed by atoms with Crippen molar-refractivity contribution in [2.45, 2.75) is 84.5 Å². The molecule has 2 unspecified atom stereocenters. The van der Waals surface area contributed by atoms with E-state index in [9.17, 15) is 9.59 Å². The maximum Gasteiger partial charge on any atom is 0.327 e. The average Bonchev–Trinajstić information content (AvgIpc) is 3.48. The van der Waals surface area contributed by atoms with Crippen LogP contribution in [0.4, 0.5) is 4.79 Å². The standard InChI is InChI=1S/C32H45N3O4/c1-6-11-27(24-14-12-23(4)13-15-24)33-31(37)35-29(36)32(7-2,8-3)30(35)39-26-18-16-25(17-19-26)28(22-38-5)34-20-9-10-21-34/h12-19,27-28,30H,6-11,20-22H2,1-5H3,(H,33,37)/t27?,28-,30?/m1/s1. The lowest BCUT2D eigenvalue weighted by molar-refractivity contribution is -0.191. The highest BCUT2D eigenvalue weighted by Gasteiger charge is 2.63. The van der Waals surface area contributed by atoms with Crippen LogP contribution in [-0.4, -0.2) is 54.8 Å². The first kappa shape index (κ1) is 29.1. The van der Waals surface area contributed by atoms with Gasteiger partial charge in [0.15, 0.2) is 6.23 Å². The zero-order valence-electron chi connectivity index (χ0n) is 24.2. The molecule has 2 aromatic rings. The number of nitrogens with one attached hydrogen (secondary N) is 1. The molecule has 3 atom stereocenters. The van der Waals surface area contributed by atoms with Gasteiger partial charge in [-0.3, -0.25) is 9.69 Å². The van der Waals surface area contributed by atoms with E-state index in [-0.39, 0.29) is 18.0 Å². The number of urea groups is 1. The number of methoxy groups -OCH3 is 1. The van der Waals surface area contributed by atoms with Gasteiger partial charge in [-0.2, -0.15) is 0 Å². The Balaban J connectivity index is 1.52. The van der Waals surface area contributed by atoms with Crippen LogP contribution >= 0.6 is 0 Å². The van der Waals surface area contributed by atoms with Crippen molar-refractivity contribution in [3.8, 4) is 5.75 Å². The van der Waals surface area contributed by atoms with Crippen molar-refractivity contribution in [3.05, 3.63) is 65.2 Å². The van der Waals surface area contributed by atoms with Crippen molar-refractivity contribution in [2.75, 3.05) is 26.8 Å². The lowest BCUT2D eigenvalue weighted by Crippen LogP contribution is -2.73. The highest BCUT2D eigenvalue weighted by Crippen LogP contribution is 2.46. The first-order valence-electron chi connectivity index (χ1n) is 14.6. The smallest absolute Gasteiger partial charge is 0.327 e. The van der Waals surface area contributed by atoms with Gasteiger partial charge in [0.1, 0.15) is 11.2 Å². The summed E-state index contributed by atoms with van der Waals surface area (Å²) in [6.45, 7) is 10.9. The summed E-state index contributed by atoms with van der Waals surface area (Å²) in [5, 5.41) is 3.12. The molecule has 2 aliphatic heterocycles. The van der Waals surface area contributed by atoms with Gasteiger partial charge < -0.3 is 14.8 Å². The molecule has 7 nitrogen and oxygen atoms in total. The lowest BCUT2D eigenvalue weighted by Gasteiger charge is -2.53. The number of rotatable bonds is 12. The third kappa shape index (κ3) is 5.99. The largest absolute Gasteiger partial charge is 0.469 e. The molecule has 0 bridgehead atoms. The highest BCUT2D eigenvalue weighted by molar-refractivity contribution is 6.03. The van der Waals surface area contributed by atoms with Gasteiger partial charge in [0.05, 0.1) is 18.7 Å². The van der Waals surface area contributed by atoms with Crippen LogP contribution in [0.3, 0.4) is 0 Å². The Morgan fingerprint density at radius 3 is 2.18 bits per heavy atom. The van der Waals surface area contributed by atoms with E-state index in [0.29, 0.717) is 25.2 Å². The van der Waals surface area contributed by atoms with Crippen molar-refractivity contribution in [3.63, 3.8) is 0 Å². The Labute approximate surface area is 233 Å². The molecule has 0 saturated carbocycles. The van der Waals surface area contributed by atoms with Gasteiger partial charge in [-0.05, 0) is 75.4 Å². The minimum absolute atomic E-state index is 0.167. The van der Waals surface area contributed by atoms with Gasteiger partial charge in [0.2, 0.25) is 5.91 Å². The summed E-state index contributed by atoms with van der Waals surface area (Å²) in [6.07, 6.45) is 4.69. The summed E-state index contributed by atoms with van der Waals surface area (Å²) in [6, 6.07) is 15.9. The molecular formula is C32H45N3O4. The van der Waals surface area contributed by atoms with Gasteiger partial charge in [-0.25, -0.2) is 9.69 Å². The molecule has 39 heavy (non-hydrogen) atoms. The summed E-state index contributed by atoms with van der Waals surface area (Å²) >= 11 is 0. The zero-order valence-corrected chi connectivity index (χ0v) is 24.2. The SMILES string of the molecule is CCCC(NC(=O)N1C(=O)C(CC)(CC)C1Oc1ccc([C@@H](COC)N2CCCC2)cc1)c1ccc(C)cc1. The fraction of sp³-hybridized carbons (Fsp3) is 0.562. The van der Waals surface area contributed by atoms with Crippen molar-refractivity contribution < 1.29 is 19.1 Å². The van der Waals surface area contributed by atoms with E-state index >= 15 is 0 Å². The van der Waals surface area contributed by atoms with Gasteiger partial charge in [-0.15, -0.1) is 0 Å². The van der Waals surface area contributed by atoms with Crippen LogP contribution < -0.4 is 10.1 Å². The first-order chi connectivity index (χ1) is 18.9. The van der Waals surface area contributed by atoms with Crippen LogP contribution in [0.25, 0.3) is 0 Å². The molecule has 2 aliphatic rings. The number of amides is 3. The molecule has 0 aliphatic carbocycles. The molecule has 7 heteroatoms. The number of benzene rings is 2. The van der Waals surface area contributed by atoms with E-state index in [1.54, 1.807) is 7.11 Å². The molecule has 2 fully saturated rings. The van der Waals surface area contributed by atoms with E-state index < -0.39 is 17.7 Å². The molecule has 2 heterocycles. The topological polar surface area (TPSA) is 71.1 Å². The van der Waals surface area contributed by atoms with E-state index in [0.717, 1.165) is 31.5 Å². The van der Waals surface area contributed by atoms with Gasteiger partial charge in [0.25, 0.3) is 0 Å². The van der Waals surface area contributed by atoms with E-state index in [1.165, 1.54) is 28.9 Å². The normalized spacial score (nSPS) is 20.4. The number of imide groups is 1. The summed E-state index contributed by atoms with van der Waals surface area (Å²) < 4.78 is 12.0. The minimum Gasteiger partial charge on any atom is -0.469 e. The number of β-lactam (4-membered cyclic amide) rings is 1. The summed E-state index contributed by atoms with van der Waals surface area (Å²) in [4.78, 5) is 30.7. The predicted molar refractivity (Wildman–Crippen MR) is 154 cm³/mol. The molecule has 212 valence electrons. The second-order valence-electron chi connectivity index (χ2n) is 11.0. The number of nitrogens with zero attached hydrogens (tertiary/aromatic N) is 2. The summed E-state index contributed by atoms with van der Waals surface area (Å²) in [5.74, 6) is 0.488. The lowest BCUT2D eigenvalue weighted by atomic mass is 9.72. The Bertz CT molecular complexity index is 1090. The number of hydrogen-bond acceptors (Lipinski definition) is 5. The van der Waals surface area contributed by atoms with Crippen molar-refractivity contribution in [1.82, 2.24) is 15.1 Å². The van der Waals surface area contributed by atoms with Gasteiger partial charge in [-0.1, -0.05) is 69.2 Å². The highest BCUT2D eigenvalue weighted by atomic mass is 16.5. The maximum atomic E-state index is 13.5. The van der Waals surface area contributed by atoms with Gasteiger partial charge >= 0.3 is 6.03 Å². The van der Waals surface area contributed by atoms with Crippen LogP contribution in [-0.2, 0) is 9.53 Å². The van der Waals surface area contributed by atoms with E-state index in [1.807, 2.05) is 45.0 Å². The van der Waals surface area contributed by atoms with Crippen LogP contribution in [0.5, 0.6) is 5.75 Å². The quantitative estimate of drug-likeness (QED) is 0.319. The van der Waals surface area contributed by atoms with Crippen molar-refractivity contribution >= 4 is 11.9 Å². The van der Waals surface area contributed by atoms with Crippen molar-refractivity contribution in [2.24, 2.45) is 5.41 Å². The van der Waals surface area contributed by atoms with Crippen molar-refractivity contribution in [1.29, 1.82) is 0 Å². The third-order valence-electron chi connectivity index (χ3n) is 8.61. The number of ether oxygens (including phenoxy) is 2. The average molecular weight is 536 g/mol. The monoisotopic (exact) mass is 535 g/mol. The molecule has 1 N–H and O–H groups in total. The number of aryl methyl sites for hydroxylation is 1. The number of hydrogen-bond donors (Lipinski definition) is 1. The zero-order chi connectivity index (χ0) is 28.0. The summed E-state index contributed by atoms with van der Waals surface area (Å²) in [5.41, 5.74) is 2.68. The van der Waals surface area contributed by atoms with Crippen LogP contribution in [0.2, 0.25) is 0 Å². The minimum atomic E-state index is -0.714. The molecule has 4 rings (SSSR count). The Kier molecular flexibility index (Phi) is 9.67. The second-order valence-corrected chi connectivity index (χ2v) is 11.0. The molecule has 0 radical (unpaired) electrons. The van der Waals surface area contributed by atoms with Gasteiger partial charge in [0, 0.05) is 7.11 Å². The molecular weight excluding hydrogens is 490 g/mol. The van der Waals surface area contributed by atoms with Crippen LogP contribution in [0.1, 0.15) is 88.1 Å². The number of carbonyl (C=O) groups is 2. The fourth-order valence-corrected chi connectivity index (χ4v) is 6.05. The molecule has 0 spiro atoms. The predicted octanol–water partition coefficient (Wildman–Crippen LogP) is 6.38. The third-order valence-corrected chi connectivity index (χ3v) is 8.61. The van der Waals surface area contributed by atoms with E-state index in [2.05, 4.69) is 41.4 Å². The Morgan fingerprint density at radius 2 is 1.62 bits per heavy atom.